The van der Waals surface area contributed by atoms with Crippen molar-refractivity contribution >= 4 is 0 Å². The zero-order chi connectivity index (χ0) is 12.5. The second-order valence-electron chi connectivity index (χ2n) is 2.67. The average Bonchev–Trinajstić information content (AvgIpc) is 2.14. The van der Waals surface area contributed by atoms with Gasteiger partial charge in [-0.05, 0) is 6.07 Å². The second kappa shape index (κ2) is 4.00. The second-order valence-corrected chi connectivity index (χ2v) is 2.67. The van der Waals surface area contributed by atoms with Crippen molar-refractivity contribution in [3.05, 3.63) is 28.8 Å². The van der Waals surface area contributed by atoms with Crippen molar-refractivity contribution in [1.29, 1.82) is 5.26 Å². The third-order valence-corrected chi connectivity index (χ3v) is 1.65. The monoisotopic (exact) mass is 240 g/mol. The summed E-state index contributed by atoms with van der Waals surface area (Å²) >= 11 is 0. The maximum absolute atomic E-state index is 12.8. The molecule has 0 aliphatic rings. The fourth-order valence-electron chi connectivity index (χ4n) is 1.02. The Morgan fingerprint density at radius 1 is 1.31 bits per heavy atom. The number of pyridine rings is 1. The van der Waals surface area contributed by atoms with Crippen molar-refractivity contribution in [2.24, 2.45) is 0 Å². The molecular formula is C8H2F6N2. The molecule has 0 atom stereocenters. The minimum Gasteiger partial charge on any atom is -0.208 e. The topological polar surface area (TPSA) is 36.7 Å². The summed E-state index contributed by atoms with van der Waals surface area (Å²) in [4.78, 5) is 2.68. The van der Waals surface area contributed by atoms with E-state index in [4.69, 9.17) is 5.26 Å². The van der Waals surface area contributed by atoms with E-state index in [9.17, 15) is 26.3 Å². The number of nitriles is 1. The largest absolute Gasteiger partial charge is 0.417 e. The summed E-state index contributed by atoms with van der Waals surface area (Å²) in [5.74, 6) is -1.98. The number of hydrogen-bond acceptors (Lipinski definition) is 2. The first-order valence-corrected chi connectivity index (χ1v) is 3.73. The predicted molar refractivity (Wildman–Crippen MR) is 38.9 cm³/mol. The number of aromatic nitrogens is 1. The molecule has 0 bridgehead atoms. The van der Waals surface area contributed by atoms with Crippen LogP contribution < -0.4 is 0 Å². The molecule has 2 nitrogen and oxygen atoms in total. The smallest absolute Gasteiger partial charge is 0.208 e. The lowest BCUT2D eigenvalue weighted by molar-refractivity contribution is -0.140. The maximum atomic E-state index is 12.8. The molecular weight excluding hydrogens is 238 g/mol. The Labute approximate surface area is 85.1 Å². The zero-order valence-electron chi connectivity index (χ0n) is 7.32. The van der Waals surface area contributed by atoms with Gasteiger partial charge in [0, 0.05) is 0 Å². The van der Waals surface area contributed by atoms with Crippen LogP contribution in [0.2, 0.25) is 0 Å². The van der Waals surface area contributed by atoms with Crippen LogP contribution in [0.5, 0.6) is 0 Å². The van der Waals surface area contributed by atoms with Crippen molar-refractivity contribution < 1.29 is 26.3 Å². The van der Waals surface area contributed by atoms with Crippen LogP contribution >= 0.6 is 0 Å². The highest BCUT2D eigenvalue weighted by Crippen LogP contribution is 2.37. The van der Waals surface area contributed by atoms with Gasteiger partial charge in [0.15, 0.2) is 0 Å². The van der Waals surface area contributed by atoms with Crippen LogP contribution in [0.25, 0.3) is 0 Å². The van der Waals surface area contributed by atoms with Crippen molar-refractivity contribution in [2.75, 3.05) is 0 Å². The van der Waals surface area contributed by atoms with E-state index in [-0.39, 0.29) is 6.07 Å². The lowest BCUT2D eigenvalue weighted by Gasteiger charge is -2.12. The summed E-state index contributed by atoms with van der Waals surface area (Å²) in [7, 11) is 0. The molecule has 1 aromatic rings. The van der Waals surface area contributed by atoms with Crippen LogP contribution in [0.3, 0.4) is 0 Å². The number of halogens is 6. The van der Waals surface area contributed by atoms with E-state index in [1.165, 1.54) is 0 Å². The van der Waals surface area contributed by atoms with Crippen molar-refractivity contribution in [3.63, 3.8) is 0 Å². The molecule has 16 heavy (non-hydrogen) atoms. The van der Waals surface area contributed by atoms with Crippen LogP contribution in [-0.4, -0.2) is 4.98 Å². The molecule has 0 aliphatic carbocycles. The molecule has 0 aliphatic heterocycles. The van der Waals surface area contributed by atoms with Crippen LogP contribution in [-0.2, 0) is 6.18 Å². The Hall–Kier alpha value is -1.78. The molecule has 0 amide bonds. The average molecular weight is 240 g/mol. The minimum atomic E-state index is -5.17. The molecule has 86 valence electrons. The maximum Gasteiger partial charge on any atom is 0.417 e. The number of rotatable bonds is 1. The number of nitrogens with zero attached hydrogens (tertiary/aromatic N) is 2. The molecule has 0 unspecified atom stereocenters. The first-order chi connectivity index (χ1) is 7.27. The molecule has 0 aromatic carbocycles. The van der Waals surface area contributed by atoms with E-state index < -0.39 is 35.4 Å². The third kappa shape index (κ3) is 2.24. The summed E-state index contributed by atoms with van der Waals surface area (Å²) < 4.78 is 74.0. The zero-order valence-corrected chi connectivity index (χ0v) is 7.32. The van der Waals surface area contributed by atoms with E-state index in [1.807, 2.05) is 0 Å². The van der Waals surface area contributed by atoms with Crippen LogP contribution in [0.15, 0.2) is 6.07 Å². The van der Waals surface area contributed by atoms with Gasteiger partial charge in [0.1, 0.15) is 11.8 Å². The Morgan fingerprint density at radius 3 is 2.25 bits per heavy atom. The molecule has 0 N–H and O–H groups in total. The summed E-state index contributed by atoms with van der Waals surface area (Å²) in [6.07, 6.45) is -8.82. The summed E-state index contributed by atoms with van der Waals surface area (Å²) in [5.41, 5.74) is -4.63. The Morgan fingerprint density at radius 2 is 1.88 bits per heavy atom. The number of alkyl halides is 5. The number of hydrogen-bond donors (Lipinski definition) is 0. The van der Waals surface area contributed by atoms with E-state index in [0.717, 1.165) is 6.07 Å². The van der Waals surface area contributed by atoms with Gasteiger partial charge in [-0.2, -0.15) is 22.8 Å². The first-order valence-electron chi connectivity index (χ1n) is 3.73. The van der Waals surface area contributed by atoms with Gasteiger partial charge in [0.25, 0.3) is 6.43 Å². The van der Waals surface area contributed by atoms with Gasteiger partial charge in [-0.25, -0.2) is 13.8 Å². The fraction of sp³-hybridized carbons (Fsp3) is 0.250. The first kappa shape index (κ1) is 12.3. The van der Waals surface area contributed by atoms with Crippen molar-refractivity contribution in [2.45, 2.75) is 12.6 Å². The van der Waals surface area contributed by atoms with E-state index >= 15 is 0 Å². The van der Waals surface area contributed by atoms with Crippen molar-refractivity contribution in [1.82, 2.24) is 4.98 Å². The van der Waals surface area contributed by atoms with Crippen molar-refractivity contribution in [3.8, 4) is 6.07 Å². The highest BCUT2D eigenvalue weighted by molar-refractivity contribution is 5.35. The Kier molecular flexibility index (Phi) is 3.07. The molecule has 1 rings (SSSR count). The van der Waals surface area contributed by atoms with Gasteiger partial charge >= 0.3 is 6.18 Å². The lowest BCUT2D eigenvalue weighted by Crippen LogP contribution is -2.13. The molecule has 0 fully saturated rings. The quantitative estimate of drug-likeness (QED) is 0.558. The summed E-state index contributed by atoms with van der Waals surface area (Å²) in [6.45, 7) is 0. The van der Waals surface area contributed by atoms with Gasteiger partial charge < -0.3 is 0 Å². The summed E-state index contributed by atoms with van der Waals surface area (Å²) in [5, 5.41) is 8.25. The highest BCUT2D eigenvalue weighted by atomic mass is 19.4. The third-order valence-electron chi connectivity index (χ3n) is 1.65. The van der Waals surface area contributed by atoms with Crippen LogP contribution in [0.1, 0.15) is 23.2 Å². The molecule has 0 spiro atoms. The van der Waals surface area contributed by atoms with Gasteiger partial charge in [0.05, 0.1) is 11.1 Å². The summed E-state index contributed by atoms with van der Waals surface area (Å²) in [6, 6.07) is 1.24. The van der Waals surface area contributed by atoms with Crippen LogP contribution in [0, 0.1) is 17.3 Å². The molecule has 1 heterocycles. The molecule has 8 heteroatoms. The van der Waals surface area contributed by atoms with Gasteiger partial charge in [-0.1, -0.05) is 0 Å². The normalized spacial score (nSPS) is 11.6. The standard InChI is InChI=1S/C8H2F6N2/c9-6(10)5-4(8(12,13)14)1-3(2-15)16-7(5)11/h1,6H. The molecule has 0 saturated heterocycles. The SMILES string of the molecule is N#Cc1cc(C(F)(F)F)c(C(F)F)c(F)n1. The van der Waals surface area contributed by atoms with Gasteiger partial charge in [0.2, 0.25) is 5.95 Å². The van der Waals surface area contributed by atoms with Gasteiger partial charge in [-0.3, -0.25) is 0 Å². The Balaban J connectivity index is 3.55. The van der Waals surface area contributed by atoms with E-state index in [1.54, 1.807) is 0 Å². The Bertz CT molecular complexity index is 445. The van der Waals surface area contributed by atoms with Crippen LogP contribution in [0.4, 0.5) is 26.3 Å². The van der Waals surface area contributed by atoms with E-state index in [0.29, 0.717) is 0 Å². The minimum absolute atomic E-state index is 0.0879. The molecule has 0 saturated carbocycles. The lowest BCUT2D eigenvalue weighted by atomic mass is 10.1. The molecule has 1 aromatic heterocycles. The highest BCUT2D eigenvalue weighted by Gasteiger charge is 2.38. The predicted octanol–water partition coefficient (Wildman–Crippen LogP) is 3.05. The van der Waals surface area contributed by atoms with E-state index in [2.05, 4.69) is 4.98 Å². The van der Waals surface area contributed by atoms with Gasteiger partial charge in [-0.15, -0.1) is 0 Å². The molecule has 0 radical (unpaired) electrons. The fourth-order valence-corrected chi connectivity index (χ4v) is 1.02.